The van der Waals surface area contributed by atoms with Gasteiger partial charge in [0.05, 0.1) is 19.9 Å². The zero-order chi connectivity index (χ0) is 31.7. The number of fused-ring (bicyclic) bond motifs is 1. The number of hydrogen-bond donors (Lipinski definition) is 0. The van der Waals surface area contributed by atoms with Crippen molar-refractivity contribution in [2.45, 2.75) is 56.6 Å². The molecule has 2 aromatic carbocycles. The number of halogens is 1. The number of benzene rings is 2. The van der Waals surface area contributed by atoms with Gasteiger partial charge in [-0.05, 0) is 29.1 Å². The van der Waals surface area contributed by atoms with Gasteiger partial charge in [-0.3, -0.25) is 19.0 Å². The zero-order valence-electron chi connectivity index (χ0n) is 25.0. The van der Waals surface area contributed by atoms with Gasteiger partial charge in [-0.1, -0.05) is 60.7 Å². The SMILES string of the molecule is COC(=O)C[C@H]1O[C@@H](n2cnc3c(N4CCC(c5ccccc5)(c5ccccc5)C4)nc(Cl)nc32)[C@H](OC(C)=O)[C@@H]1OC(C)=O. The van der Waals surface area contributed by atoms with E-state index in [0.717, 1.165) is 6.42 Å². The Bertz CT molecular complexity index is 1680. The second kappa shape index (κ2) is 12.4. The van der Waals surface area contributed by atoms with Crippen molar-refractivity contribution < 1.29 is 33.3 Å². The lowest BCUT2D eigenvalue weighted by Crippen LogP contribution is -2.39. The van der Waals surface area contributed by atoms with E-state index in [9.17, 15) is 14.4 Å². The molecule has 13 heteroatoms. The number of rotatable bonds is 8. The van der Waals surface area contributed by atoms with Crippen LogP contribution in [0.5, 0.6) is 0 Å². The molecule has 2 fully saturated rings. The van der Waals surface area contributed by atoms with Gasteiger partial charge >= 0.3 is 17.9 Å². The average molecular weight is 634 g/mol. The van der Waals surface area contributed by atoms with Gasteiger partial charge in [0.15, 0.2) is 35.4 Å². The predicted octanol–water partition coefficient (Wildman–Crippen LogP) is 4.00. The van der Waals surface area contributed by atoms with Crippen LogP contribution in [0, 0.1) is 0 Å². The van der Waals surface area contributed by atoms with Gasteiger partial charge < -0.3 is 23.8 Å². The summed E-state index contributed by atoms with van der Waals surface area (Å²) in [5, 5.41) is -0.0131. The highest BCUT2D eigenvalue weighted by molar-refractivity contribution is 6.28. The minimum atomic E-state index is -1.12. The molecule has 234 valence electrons. The highest BCUT2D eigenvalue weighted by atomic mass is 35.5. The first kappa shape index (κ1) is 30.5. The van der Waals surface area contributed by atoms with Crippen LogP contribution in [0.1, 0.15) is 44.0 Å². The molecule has 2 aliphatic heterocycles. The topological polar surface area (TPSA) is 135 Å². The number of aromatic nitrogens is 4. The van der Waals surface area contributed by atoms with Gasteiger partial charge in [0.25, 0.3) is 0 Å². The summed E-state index contributed by atoms with van der Waals surface area (Å²) >= 11 is 6.53. The molecule has 0 aliphatic carbocycles. The molecule has 0 saturated carbocycles. The summed E-state index contributed by atoms with van der Waals surface area (Å²) in [6.07, 6.45) is -2.17. The molecule has 45 heavy (non-hydrogen) atoms. The van der Waals surface area contributed by atoms with E-state index in [2.05, 4.69) is 44.1 Å². The lowest BCUT2D eigenvalue weighted by molar-refractivity contribution is -0.165. The molecule has 0 bridgehead atoms. The third kappa shape index (κ3) is 5.83. The number of hydrogen-bond acceptors (Lipinski definition) is 11. The molecule has 2 saturated heterocycles. The molecule has 4 heterocycles. The fourth-order valence-corrected chi connectivity index (χ4v) is 6.58. The molecule has 4 atom stereocenters. The van der Waals surface area contributed by atoms with Crippen molar-refractivity contribution in [1.82, 2.24) is 19.5 Å². The van der Waals surface area contributed by atoms with Crippen molar-refractivity contribution >= 4 is 46.5 Å². The van der Waals surface area contributed by atoms with Crippen molar-refractivity contribution in [3.8, 4) is 0 Å². The predicted molar refractivity (Wildman–Crippen MR) is 162 cm³/mol. The smallest absolute Gasteiger partial charge is 0.308 e. The molecule has 4 aromatic rings. The molecule has 0 radical (unpaired) electrons. The maximum Gasteiger partial charge on any atom is 0.308 e. The minimum absolute atomic E-state index is 0.0131. The largest absolute Gasteiger partial charge is 0.469 e. The summed E-state index contributed by atoms with van der Waals surface area (Å²) in [5.41, 5.74) is 2.86. The molecular formula is C32H32ClN5O7. The van der Waals surface area contributed by atoms with Crippen molar-refractivity contribution in [2.75, 3.05) is 25.1 Å². The number of ether oxygens (including phenoxy) is 4. The van der Waals surface area contributed by atoms with Crippen LogP contribution in [0.2, 0.25) is 5.28 Å². The Morgan fingerprint density at radius 3 is 2.18 bits per heavy atom. The van der Waals surface area contributed by atoms with E-state index in [0.29, 0.717) is 30.1 Å². The molecule has 0 spiro atoms. The molecule has 0 N–H and O–H groups in total. The summed E-state index contributed by atoms with van der Waals surface area (Å²) in [5.74, 6) is -1.30. The van der Waals surface area contributed by atoms with Crippen molar-refractivity contribution in [3.63, 3.8) is 0 Å². The Hall–Kier alpha value is -4.55. The number of methoxy groups -OCH3 is 1. The summed E-state index contributed by atoms with van der Waals surface area (Å²) in [6, 6.07) is 20.8. The van der Waals surface area contributed by atoms with Crippen LogP contribution in [0.25, 0.3) is 11.2 Å². The number of imidazole rings is 1. The monoisotopic (exact) mass is 633 g/mol. The van der Waals surface area contributed by atoms with Crippen molar-refractivity contribution in [1.29, 1.82) is 0 Å². The fraction of sp³-hybridized carbons (Fsp3) is 0.375. The van der Waals surface area contributed by atoms with E-state index >= 15 is 0 Å². The van der Waals surface area contributed by atoms with Crippen LogP contribution < -0.4 is 4.90 Å². The molecule has 2 aliphatic rings. The summed E-state index contributed by atoms with van der Waals surface area (Å²) < 4.78 is 23.7. The Labute approximate surface area is 264 Å². The third-order valence-corrected chi connectivity index (χ3v) is 8.53. The standard InChI is InChI=1S/C32H32ClN5O7/c1-19(39)43-26-23(16-24(41)42-3)45-30(27(26)44-20(2)40)38-18-34-25-28(35-31(33)36-29(25)38)37-15-14-32(17-37,21-10-6-4-7-11-21)22-12-8-5-9-13-22/h4-13,18,23,26-27,30H,14-17H2,1-3H3/t23-,26-,27-,30-/m1/s1. The summed E-state index contributed by atoms with van der Waals surface area (Å²) in [7, 11) is 1.24. The average Bonchev–Trinajstić information content (AvgIpc) is 3.74. The molecule has 0 amide bonds. The number of carbonyl (C=O) groups excluding carboxylic acids is 3. The fourth-order valence-electron chi connectivity index (χ4n) is 6.42. The molecular weight excluding hydrogens is 602 g/mol. The van der Waals surface area contributed by atoms with Gasteiger partial charge in [0.2, 0.25) is 5.28 Å². The van der Waals surface area contributed by atoms with E-state index in [-0.39, 0.29) is 17.1 Å². The molecule has 12 nitrogen and oxygen atoms in total. The maximum absolute atomic E-state index is 12.2. The van der Waals surface area contributed by atoms with Crippen molar-refractivity contribution in [2.24, 2.45) is 0 Å². The third-order valence-electron chi connectivity index (χ3n) is 8.36. The minimum Gasteiger partial charge on any atom is -0.469 e. The second-order valence-corrected chi connectivity index (χ2v) is 11.5. The Balaban J connectivity index is 1.40. The number of carbonyl (C=O) groups is 3. The first-order valence-corrected chi connectivity index (χ1v) is 14.9. The van der Waals surface area contributed by atoms with Crippen LogP contribution in [0.3, 0.4) is 0 Å². The van der Waals surface area contributed by atoms with Gasteiger partial charge in [0, 0.05) is 32.4 Å². The number of esters is 3. The second-order valence-electron chi connectivity index (χ2n) is 11.1. The van der Waals surface area contributed by atoms with E-state index < -0.39 is 42.4 Å². The quantitative estimate of drug-likeness (QED) is 0.158. The van der Waals surface area contributed by atoms with E-state index in [1.165, 1.54) is 38.4 Å². The van der Waals surface area contributed by atoms with Crippen LogP contribution >= 0.6 is 11.6 Å². The van der Waals surface area contributed by atoms with Crippen molar-refractivity contribution in [3.05, 3.63) is 83.4 Å². The van der Waals surface area contributed by atoms with Crippen LogP contribution in [0.15, 0.2) is 67.0 Å². The lowest BCUT2D eigenvalue weighted by Gasteiger charge is -2.31. The normalized spacial score (nSPS) is 22.4. The van der Waals surface area contributed by atoms with E-state index in [1.54, 1.807) is 4.57 Å². The van der Waals surface area contributed by atoms with E-state index in [4.69, 9.17) is 30.5 Å². The summed E-state index contributed by atoms with van der Waals surface area (Å²) in [4.78, 5) is 52.3. The first-order chi connectivity index (χ1) is 21.7. The van der Waals surface area contributed by atoms with Gasteiger partial charge in [-0.2, -0.15) is 9.97 Å². The van der Waals surface area contributed by atoms with Crippen LogP contribution in [0.4, 0.5) is 5.82 Å². The molecule has 6 rings (SSSR count). The highest BCUT2D eigenvalue weighted by Gasteiger charge is 2.51. The highest BCUT2D eigenvalue weighted by Crippen LogP contribution is 2.44. The zero-order valence-corrected chi connectivity index (χ0v) is 25.7. The van der Waals surface area contributed by atoms with E-state index in [1.807, 2.05) is 36.4 Å². The van der Waals surface area contributed by atoms with Crippen LogP contribution in [-0.2, 0) is 38.7 Å². The van der Waals surface area contributed by atoms with Crippen LogP contribution in [-0.4, -0.2) is 75.9 Å². The number of anilines is 1. The van der Waals surface area contributed by atoms with Gasteiger partial charge in [-0.25, -0.2) is 4.98 Å². The molecule has 2 aromatic heterocycles. The lowest BCUT2D eigenvalue weighted by atomic mass is 9.74. The Morgan fingerprint density at radius 1 is 0.956 bits per heavy atom. The van der Waals surface area contributed by atoms with Gasteiger partial charge in [0.1, 0.15) is 6.10 Å². The summed E-state index contributed by atoms with van der Waals surface area (Å²) in [6.45, 7) is 3.74. The first-order valence-electron chi connectivity index (χ1n) is 14.5. The van der Waals surface area contributed by atoms with Gasteiger partial charge in [-0.15, -0.1) is 0 Å². The maximum atomic E-state index is 12.2. The Morgan fingerprint density at radius 2 is 1.58 bits per heavy atom. The Kier molecular flexibility index (Phi) is 8.43. The number of nitrogens with zero attached hydrogens (tertiary/aromatic N) is 5. The molecule has 0 unspecified atom stereocenters.